The van der Waals surface area contributed by atoms with Gasteiger partial charge in [-0.3, -0.25) is 14.5 Å². The summed E-state index contributed by atoms with van der Waals surface area (Å²) in [6.07, 6.45) is 4.20. The molecule has 0 unspecified atom stereocenters. The van der Waals surface area contributed by atoms with E-state index in [2.05, 4.69) is 14.9 Å². The Bertz CT molecular complexity index is 727. The van der Waals surface area contributed by atoms with Gasteiger partial charge in [0, 0.05) is 63.6 Å². The Labute approximate surface area is 170 Å². The normalized spacial score (nSPS) is 30.1. The third-order valence-corrected chi connectivity index (χ3v) is 6.16. The van der Waals surface area contributed by atoms with Gasteiger partial charge in [-0.05, 0) is 25.8 Å². The fraction of sp³-hybridized carbons (Fsp3) is 0.700. The number of piperazine rings is 1. The Kier molecular flexibility index (Phi) is 5.96. The van der Waals surface area contributed by atoms with E-state index in [9.17, 15) is 14.7 Å². The van der Waals surface area contributed by atoms with Gasteiger partial charge < -0.3 is 19.6 Å². The minimum absolute atomic E-state index is 0.0526. The third-order valence-electron chi connectivity index (χ3n) is 6.16. The highest BCUT2D eigenvalue weighted by atomic mass is 16.5. The lowest BCUT2D eigenvalue weighted by molar-refractivity contribution is -0.150. The molecule has 1 aromatic rings. The molecule has 29 heavy (non-hydrogen) atoms. The molecule has 3 aliphatic rings. The molecule has 2 saturated heterocycles. The molecule has 0 radical (unpaired) electrons. The van der Waals surface area contributed by atoms with Crippen molar-refractivity contribution in [3.05, 3.63) is 18.5 Å². The van der Waals surface area contributed by atoms with Crippen molar-refractivity contribution in [2.24, 2.45) is 11.8 Å². The van der Waals surface area contributed by atoms with Crippen molar-refractivity contribution < 1.29 is 19.4 Å². The first-order chi connectivity index (χ1) is 14.0. The van der Waals surface area contributed by atoms with Crippen LogP contribution in [-0.2, 0) is 14.3 Å². The lowest BCUT2D eigenvalue weighted by Gasteiger charge is -2.44. The number of aliphatic hydroxyl groups is 1. The summed E-state index contributed by atoms with van der Waals surface area (Å²) in [4.78, 5) is 40.3. The largest absolute Gasteiger partial charge is 0.466 e. The van der Waals surface area contributed by atoms with Gasteiger partial charge >= 0.3 is 5.97 Å². The maximum absolute atomic E-state index is 12.8. The van der Waals surface area contributed by atoms with Crippen LogP contribution in [0, 0.1) is 11.8 Å². The van der Waals surface area contributed by atoms with Crippen LogP contribution in [0.2, 0.25) is 0 Å². The molecule has 0 spiro atoms. The molecular weight excluding hydrogens is 374 g/mol. The van der Waals surface area contributed by atoms with Crippen molar-refractivity contribution in [1.82, 2.24) is 19.8 Å². The van der Waals surface area contributed by atoms with Crippen LogP contribution in [0.15, 0.2) is 18.5 Å². The van der Waals surface area contributed by atoms with E-state index >= 15 is 0 Å². The van der Waals surface area contributed by atoms with Crippen molar-refractivity contribution in [1.29, 1.82) is 0 Å². The fourth-order valence-corrected chi connectivity index (χ4v) is 4.52. The van der Waals surface area contributed by atoms with Gasteiger partial charge in [-0.15, -0.1) is 0 Å². The average molecular weight is 403 g/mol. The topological polar surface area (TPSA) is 99.1 Å². The average Bonchev–Trinajstić information content (AvgIpc) is 2.91. The van der Waals surface area contributed by atoms with Crippen molar-refractivity contribution in [2.45, 2.75) is 31.9 Å². The summed E-state index contributed by atoms with van der Waals surface area (Å²) >= 11 is 0. The van der Waals surface area contributed by atoms with Gasteiger partial charge in [0.15, 0.2) is 0 Å². The van der Waals surface area contributed by atoms with Gasteiger partial charge in [0.2, 0.25) is 11.9 Å². The molecule has 1 amide bonds. The number of amides is 1. The Morgan fingerprint density at radius 1 is 1.10 bits per heavy atom. The predicted molar refractivity (Wildman–Crippen MR) is 105 cm³/mol. The van der Waals surface area contributed by atoms with Crippen LogP contribution in [0.1, 0.15) is 19.8 Å². The van der Waals surface area contributed by atoms with Crippen molar-refractivity contribution in [3.63, 3.8) is 0 Å². The smallest absolute Gasteiger partial charge is 0.312 e. The van der Waals surface area contributed by atoms with E-state index in [1.807, 2.05) is 16.7 Å². The van der Waals surface area contributed by atoms with Crippen LogP contribution >= 0.6 is 0 Å². The summed E-state index contributed by atoms with van der Waals surface area (Å²) in [6.45, 7) is 5.93. The number of aromatic nitrogens is 2. The number of carbonyl (C=O) groups is 2. The van der Waals surface area contributed by atoms with E-state index in [1.165, 1.54) is 0 Å². The van der Waals surface area contributed by atoms with Gasteiger partial charge in [-0.2, -0.15) is 0 Å². The number of nitrogens with zero attached hydrogens (tertiary/aromatic N) is 5. The number of fused-ring (bicyclic) bond motifs is 1. The van der Waals surface area contributed by atoms with Crippen LogP contribution in [0.5, 0.6) is 0 Å². The Hall–Kier alpha value is -2.26. The second-order valence-corrected chi connectivity index (χ2v) is 8.16. The molecule has 2 aliphatic heterocycles. The van der Waals surface area contributed by atoms with Crippen LogP contribution in [0.25, 0.3) is 0 Å². The van der Waals surface area contributed by atoms with E-state index in [0.29, 0.717) is 58.1 Å². The van der Waals surface area contributed by atoms with Crippen LogP contribution in [-0.4, -0.2) is 94.8 Å². The zero-order valence-corrected chi connectivity index (χ0v) is 16.8. The molecule has 4 rings (SSSR count). The van der Waals surface area contributed by atoms with Gasteiger partial charge in [-0.25, -0.2) is 9.97 Å². The maximum atomic E-state index is 12.8. The number of ether oxygens (including phenoxy) is 1. The van der Waals surface area contributed by atoms with Crippen molar-refractivity contribution in [3.8, 4) is 0 Å². The van der Waals surface area contributed by atoms with E-state index < -0.39 is 0 Å². The number of rotatable bonds is 4. The SMILES string of the molecule is CCOC(=O)[C@H]1CN(c2ncccn2)C[C@@H]2CN(C(=O)C3CC(O)C3)CCN2C1. The zero-order chi connectivity index (χ0) is 20.4. The number of hydrogen-bond donors (Lipinski definition) is 1. The third kappa shape index (κ3) is 4.35. The molecule has 3 fully saturated rings. The van der Waals surface area contributed by atoms with E-state index in [1.54, 1.807) is 18.5 Å². The monoisotopic (exact) mass is 403 g/mol. The number of anilines is 1. The Balaban J connectivity index is 1.50. The second kappa shape index (κ2) is 8.62. The number of carbonyl (C=O) groups excluding carboxylic acids is 2. The number of esters is 1. The van der Waals surface area contributed by atoms with Crippen LogP contribution in [0.3, 0.4) is 0 Å². The van der Waals surface area contributed by atoms with Crippen LogP contribution < -0.4 is 4.90 Å². The molecule has 158 valence electrons. The molecule has 9 nitrogen and oxygen atoms in total. The Morgan fingerprint density at radius 3 is 2.55 bits per heavy atom. The summed E-state index contributed by atoms with van der Waals surface area (Å²) in [5.41, 5.74) is 0. The first-order valence-corrected chi connectivity index (χ1v) is 10.4. The first-order valence-electron chi connectivity index (χ1n) is 10.4. The van der Waals surface area contributed by atoms with E-state index in [-0.39, 0.29) is 35.9 Å². The summed E-state index contributed by atoms with van der Waals surface area (Å²) in [7, 11) is 0. The summed E-state index contributed by atoms with van der Waals surface area (Å²) in [5.74, 6) is 0.199. The molecule has 0 aromatic carbocycles. The second-order valence-electron chi connectivity index (χ2n) is 8.16. The van der Waals surface area contributed by atoms with Crippen molar-refractivity contribution in [2.75, 3.05) is 50.8 Å². The fourth-order valence-electron chi connectivity index (χ4n) is 4.52. The highest BCUT2D eigenvalue weighted by Crippen LogP contribution is 2.30. The minimum atomic E-state index is -0.334. The minimum Gasteiger partial charge on any atom is -0.466 e. The van der Waals surface area contributed by atoms with Gasteiger partial charge in [-0.1, -0.05) is 0 Å². The Morgan fingerprint density at radius 2 is 1.86 bits per heavy atom. The molecule has 1 aliphatic carbocycles. The molecule has 0 bridgehead atoms. The van der Waals surface area contributed by atoms with Crippen LogP contribution in [0.4, 0.5) is 5.95 Å². The molecule has 3 heterocycles. The van der Waals surface area contributed by atoms with Gasteiger partial charge in [0.05, 0.1) is 18.6 Å². The molecule has 2 atom stereocenters. The quantitative estimate of drug-likeness (QED) is 0.688. The number of aliphatic hydroxyl groups excluding tert-OH is 1. The summed E-state index contributed by atoms with van der Waals surface area (Å²) in [6, 6.07) is 1.87. The van der Waals surface area contributed by atoms with E-state index in [4.69, 9.17) is 4.74 Å². The first kappa shape index (κ1) is 20.0. The van der Waals surface area contributed by atoms with E-state index in [0.717, 1.165) is 6.54 Å². The highest BCUT2D eigenvalue weighted by Gasteiger charge is 2.41. The molecular formula is C20H29N5O4. The van der Waals surface area contributed by atoms with Gasteiger partial charge in [0.1, 0.15) is 0 Å². The molecule has 1 aromatic heterocycles. The predicted octanol–water partition coefficient (Wildman–Crippen LogP) is -0.240. The maximum Gasteiger partial charge on any atom is 0.312 e. The lowest BCUT2D eigenvalue weighted by Crippen LogP contribution is -2.59. The lowest BCUT2D eigenvalue weighted by atomic mass is 9.81. The van der Waals surface area contributed by atoms with Gasteiger partial charge in [0.25, 0.3) is 0 Å². The molecule has 1 saturated carbocycles. The zero-order valence-electron chi connectivity index (χ0n) is 16.8. The number of hydrogen-bond acceptors (Lipinski definition) is 8. The van der Waals surface area contributed by atoms with Crippen molar-refractivity contribution >= 4 is 17.8 Å². The summed E-state index contributed by atoms with van der Waals surface area (Å²) in [5, 5.41) is 9.53. The highest BCUT2D eigenvalue weighted by molar-refractivity contribution is 5.80. The summed E-state index contributed by atoms with van der Waals surface area (Å²) < 4.78 is 5.30. The standard InChI is InChI=1S/C20H29N5O4/c1-2-29-19(28)15-10-23-6-7-24(18(27)14-8-17(26)9-14)12-16(23)13-25(11-15)20-21-4-3-5-22-20/h3-5,14-17,26H,2,6-13H2,1H3/t14?,15-,16+,17?/m1/s1. The molecule has 9 heteroatoms. The molecule has 1 N–H and O–H groups in total.